The molecule has 2 aromatic heterocycles. The van der Waals surface area contributed by atoms with Crippen molar-refractivity contribution in [1.29, 1.82) is 0 Å². The van der Waals surface area contributed by atoms with Crippen LogP contribution in [0.5, 0.6) is 0 Å². The molecule has 0 unspecified atom stereocenters. The maximum Gasteiger partial charge on any atom is 0.249 e. The lowest BCUT2D eigenvalue weighted by Gasteiger charge is -2.08. The first-order valence-corrected chi connectivity index (χ1v) is 7.55. The molecule has 1 amide bonds. The molecule has 4 nitrogen and oxygen atoms in total. The highest BCUT2D eigenvalue weighted by atomic mass is 19.1. The Bertz CT molecular complexity index is 1070. The number of nitrogens with two attached hydrogens (primary N) is 1. The summed E-state index contributed by atoms with van der Waals surface area (Å²) in [6.07, 6.45) is 3.44. The van der Waals surface area contributed by atoms with E-state index in [9.17, 15) is 9.18 Å². The molecule has 0 bridgehead atoms. The van der Waals surface area contributed by atoms with E-state index in [1.807, 2.05) is 28.8 Å². The van der Waals surface area contributed by atoms with E-state index in [1.54, 1.807) is 30.6 Å². The monoisotopic (exact) mass is 319 g/mol. The molecule has 118 valence electrons. The average molecular weight is 319 g/mol. The molecule has 5 heteroatoms. The van der Waals surface area contributed by atoms with Crippen LogP contribution in [0.2, 0.25) is 0 Å². The quantitative estimate of drug-likeness (QED) is 0.628. The summed E-state index contributed by atoms with van der Waals surface area (Å²) in [4.78, 5) is 15.9. The van der Waals surface area contributed by atoms with Gasteiger partial charge in [0.15, 0.2) is 0 Å². The summed E-state index contributed by atoms with van der Waals surface area (Å²) in [7, 11) is 0. The second-order valence-corrected chi connectivity index (χ2v) is 5.65. The Balaban J connectivity index is 2.10. The summed E-state index contributed by atoms with van der Waals surface area (Å²) in [5.41, 5.74) is 8.10. The third-order valence-corrected chi connectivity index (χ3v) is 4.19. The Morgan fingerprint density at radius 1 is 1.12 bits per heavy atom. The van der Waals surface area contributed by atoms with Crippen LogP contribution in [0, 0.1) is 5.82 Å². The zero-order chi connectivity index (χ0) is 16.7. The number of para-hydroxylation sites is 1. The number of hydrogen-bond acceptors (Lipinski definition) is 2. The van der Waals surface area contributed by atoms with Gasteiger partial charge in [0.25, 0.3) is 0 Å². The largest absolute Gasteiger partial charge is 0.366 e. The van der Waals surface area contributed by atoms with Gasteiger partial charge in [-0.25, -0.2) is 4.39 Å². The number of amides is 1. The maximum absolute atomic E-state index is 14.6. The molecule has 4 rings (SSSR count). The summed E-state index contributed by atoms with van der Waals surface area (Å²) < 4.78 is 16.4. The first kappa shape index (κ1) is 14.4. The molecule has 0 aliphatic carbocycles. The lowest BCUT2D eigenvalue weighted by molar-refractivity contribution is 0.100. The molecule has 2 aromatic carbocycles. The van der Waals surface area contributed by atoms with Gasteiger partial charge >= 0.3 is 0 Å². The van der Waals surface area contributed by atoms with Gasteiger partial charge in [-0.2, -0.15) is 0 Å². The molecular weight excluding hydrogens is 305 g/mol. The first-order valence-electron chi connectivity index (χ1n) is 7.55. The van der Waals surface area contributed by atoms with Gasteiger partial charge in [0.2, 0.25) is 5.91 Å². The molecule has 0 fully saturated rings. The van der Waals surface area contributed by atoms with Crippen molar-refractivity contribution in [3.8, 4) is 0 Å². The molecule has 0 saturated carbocycles. The van der Waals surface area contributed by atoms with Crippen LogP contribution in [0.25, 0.3) is 21.8 Å². The molecule has 0 aliphatic rings. The minimum atomic E-state index is -0.523. The van der Waals surface area contributed by atoms with Crippen molar-refractivity contribution < 1.29 is 9.18 Å². The fraction of sp³-hybridized carbons (Fsp3) is 0.0526. The van der Waals surface area contributed by atoms with Crippen LogP contribution in [-0.4, -0.2) is 15.5 Å². The fourth-order valence-corrected chi connectivity index (χ4v) is 3.20. The van der Waals surface area contributed by atoms with Gasteiger partial charge in [0.1, 0.15) is 5.82 Å². The normalized spacial score (nSPS) is 11.2. The molecule has 0 saturated heterocycles. The zero-order valence-electron chi connectivity index (χ0n) is 12.7. The third kappa shape index (κ3) is 2.13. The van der Waals surface area contributed by atoms with Gasteiger partial charge in [-0.1, -0.05) is 24.3 Å². The summed E-state index contributed by atoms with van der Waals surface area (Å²) >= 11 is 0. The van der Waals surface area contributed by atoms with Crippen LogP contribution < -0.4 is 5.73 Å². The van der Waals surface area contributed by atoms with Crippen molar-refractivity contribution in [2.75, 3.05) is 0 Å². The minimum absolute atomic E-state index is 0.331. The van der Waals surface area contributed by atoms with Crippen LogP contribution in [0.3, 0.4) is 0 Å². The number of primary amides is 1. The Morgan fingerprint density at radius 2 is 1.96 bits per heavy atom. The number of halogens is 1. The number of fused-ring (bicyclic) bond motifs is 3. The topological polar surface area (TPSA) is 60.9 Å². The van der Waals surface area contributed by atoms with Crippen molar-refractivity contribution in [2.45, 2.75) is 6.54 Å². The van der Waals surface area contributed by atoms with Crippen LogP contribution in [0.4, 0.5) is 4.39 Å². The van der Waals surface area contributed by atoms with E-state index in [2.05, 4.69) is 4.98 Å². The number of aromatic nitrogens is 2. The highest BCUT2D eigenvalue weighted by Gasteiger charge is 2.18. The molecule has 0 atom stereocenters. The molecule has 0 aliphatic heterocycles. The van der Waals surface area contributed by atoms with Crippen molar-refractivity contribution in [2.24, 2.45) is 5.73 Å². The lowest BCUT2D eigenvalue weighted by atomic mass is 10.1. The van der Waals surface area contributed by atoms with Crippen molar-refractivity contribution in [3.63, 3.8) is 0 Å². The van der Waals surface area contributed by atoms with Gasteiger partial charge < -0.3 is 10.3 Å². The summed E-state index contributed by atoms with van der Waals surface area (Å²) in [6, 6.07) is 14.0. The number of rotatable bonds is 3. The van der Waals surface area contributed by atoms with E-state index in [0.29, 0.717) is 28.4 Å². The first-order chi connectivity index (χ1) is 11.7. The van der Waals surface area contributed by atoms with Gasteiger partial charge in [-0.05, 0) is 29.8 Å². The van der Waals surface area contributed by atoms with E-state index in [4.69, 9.17) is 5.73 Å². The van der Waals surface area contributed by atoms with Crippen LogP contribution in [0.15, 0.2) is 60.9 Å². The Morgan fingerprint density at radius 3 is 2.71 bits per heavy atom. The SMILES string of the molecule is NC(=O)c1cccc2c1c1cccc(F)c1n2Cc1cccnc1. The predicted octanol–water partition coefficient (Wildman–Crippen LogP) is 3.48. The number of carbonyl (C=O) groups is 1. The molecule has 4 aromatic rings. The van der Waals surface area contributed by atoms with Gasteiger partial charge in [-0.15, -0.1) is 0 Å². The third-order valence-electron chi connectivity index (χ3n) is 4.19. The zero-order valence-corrected chi connectivity index (χ0v) is 12.7. The van der Waals surface area contributed by atoms with Gasteiger partial charge in [0, 0.05) is 35.3 Å². The van der Waals surface area contributed by atoms with Crippen molar-refractivity contribution in [1.82, 2.24) is 9.55 Å². The van der Waals surface area contributed by atoms with E-state index < -0.39 is 5.91 Å². The summed E-state index contributed by atoms with van der Waals surface area (Å²) in [6.45, 7) is 0.455. The highest BCUT2D eigenvalue weighted by Crippen LogP contribution is 2.33. The van der Waals surface area contributed by atoms with Crippen molar-refractivity contribution >= 4 is 27.7 Å². The number of nitrogens with zero attached hydrogens (tertiary/aromatic N) is 2. The van der Waals surface area contributed by atoms with E-state index in [-0.39, 0.29) is 5.82 Å². The van der Waals surface area contributed by atoms with Crippen LogP contribution >= 0.6 is 0 Å². The second kappa shape index (κ2) is 5.45. The molecule has 2 N–H and O–H groups in total. The molecule has 2 heterocycles. The molecule has 24 heavy (non-hydrogen) atoms. The maximum atomic E-state index is 14.6. The van der Waals surface area contributed by atoms with E-state index in [0.717, 1.165) is 11.1 Å². The standard InChI is InChI=1S/C19H14FN3O/c20-15-7-1-5-13-17-14(19(21)24)6-2-8-16(17)23(18(13)15)11-12-4-3-9-22-10-12/h1-10H,11H2,(H2,21,24). The summed E-state index contributed by atoms with van der Waals surface area (Å²) in [5.74, 6) is -0.853. The number of hydrogen-bond donors (Lipinski definition) is 1. The van der Waals surface area contributed by atoms with Crippen molar-refractivity contribution in [3.05, 3.63) is 77.9 Å². The number of pyridine rings is 1. The van der Waals surface area contributed by atoms with Crippen LogP contribution in [0.1, 0.15) is 15.9 Å². The van der Waals surface area contributed by atoms with Gasteiger partial charge in [-0.3, -0.25) is 9.78 Å². The van der Waals surface area contributed by atoms with Gasteiger partial charge in [0.05, 0.1) is 11.0 Å². The number of carbonyl (C=O) groups excluding carboxylic acids is 1. The molecular formula is C19H14FN3O. The Kier molecular flexibility index (Phi) is 3.27. The average Bonchev–Trinajstić information content (AvgIpc) is 2.91. The van der Waals surface area contributed by atoms with E-state index >= 15 is 0 Å². The predicted molar refractivity (Wildman–Crippen MR) is 91.3 cm³/mol. The smallest absolute Gasteiger partial charge is 0.249 e. The number of benzene rings is 2. The molecule has 0 spiro atoms. The molecule has 0 radical (unpaired) electrons. The lowest BCUT2D eigenvalue weighted by Crippen LogP contribution is -2.11. The minimum Gasteiger partial charge on any atom is -0.366 e. The summed E-state index contributed by atoms with van der Waals surface area (Å²) in [5, 5.41) is 1.37. The Hall–Kier alpha value is -3.21. The van der Waals surface area contributed by atoms with Crippen LogP contribution in [-0.2, 0) is 6.54 Å². The van der Waals surface area contributed by atoms with E-state index in [1.165, 1.54) is 6.07 Å². The fourth-order valence-electron chi connectivity index (χ4n) is 3.20. The Labute approximate surface area is 137 Å². The highest BCUT2D eigenvalue weighted by molar-refractivity contribution is 6.17. The second-order valence-electron chi connectivity index (χ2n) is 5.65.